The number of carbonyl (C=O) groups is 2. The Hall–Kier alpha value is -1.74. The molecule has 2 aromatic carbocycles. The third-order valence-corrected chi connectivity index (χ3v) is 5.29. The zero-order valence-corrected chi connectivity index (χ0v) is 16.8. The fraction of sp³-hybridized carbons (Fsp3) is 0.222. The second-order valence-electron chi connectivity index (χ2n) is 5.85. The monoisotopic (exact) mass is 484 g/mol. The summed E-state index contributed by atoms with van der Waals surface area (Å²) in [5.74, 6) is -2.17. The second-order valence-corrected chi connectivity index (χ2v) is 7.55. The van der Waals surface area contributed by atoms with Crippen LogP contribution in [0.15, 0.2) is 45.3 Å². The number of aliphatic carboxylic acids is 2. The highest BCUT2D eigenvalue weighted by atomic mass is 79.9. The van der Waals surface area contributed by atoms with Gasteiger partial charge < -0.3 is 21.7 Å². The van der Waals surface area contributed by atoms with Crippen LogP contribution in [-0.4, -0.2) is 34.2 Å². The molecule has 2 rings (SSSR count). The van der Waals surface area contributed by atoms with E-state index in [1.54, 1.807) is 12.1 Å². The average Bonchev–Trinajstić information content (AvgIpc) is 2.56. The third kappa shape index (κ3) is 4.70. The molecule has 6 N–H and O–H groups in total. The lowest BCUT2D eigenvalue weighted by Gasteiger charge is -2.19. The van der Waals surface area contributed by atoms with Gasteiger partial charge in [-0.15, -0.1) is 0 Å². The van der Waals surface area contributed by atoms with Gasteiger partial charge in [0.05, 0.1) is 0 Å². The van der Waals surface area contributed by atoms with Gasteiger partial charge in [0.25, 0.3) is 0 Å². The molecule has 26 heavy (non-hydrogen) atoms. The first-order valence-corrected chi connectivity index (χ1v) is 9.33. The van der Waals surface area contributed by atoms with Crippen molar-refractivity contribution in [3.05, 3.63) is 56.5 Å². The SMILES string of the molecule is NC(Cc1cccc(Br)c1-c1c(Br)cccc1CC(N)C(=O)O)C(=O)O. The largest absolute Gasteiger partial charge is 0.480 e. The number of halogens is 2. The summed E-state index contributed by atoms with van der Waals surface area (Å²) in [4.78, 5) is 22.3. The maximum Gasteiger partial charge on any atom is 0.320 e. The van der Waals surface area contributed by atoms with Gasteiger partial charge in [0.15, 0.2) is 0 Å². The number of hydrogen-bond donors (Lipinski definition) is 4. The van der Waals surface area contributed by atoms with Gasteiger partial charge in [-0.3, -0.25) is 9.59 Å². The van der Waals surface area contributed by atoms with Crippen LogP contribution in [0, 0.1) is 0 Å². The molecule has 138 valence electrons. The molecule has 0 bridgehead atoms. The highest BCUT2D eigenvalue weighted by Crippen LogP contribution is 2.39. The van der Waals surface area contributed by atoms with E-state index in [4.69, 9.17) is 21.7 Å². The minimum absolute atomic E-state index is 0.135. The summed E-state index contributed by atoms with van der Waals surface area (Å²) in [5.41, 5.74) is 14.5. The predicted molar refractivity (Wildman–Crippen MR) is 106 cm³/mol. The standard InChI is InChI=1S/C18H18Br2N2O4/c19-11-5-1-3-9(7-13(21)17(23)24)15(11)16-10(4-2-6-12(16)20)8-14(22)18(25)26/h1-6,13-14H,7-8,21-22H2,(H,23,24)(H,25,26). The van der Waals surface area contributed by atoms with Gasteiger partial charge in [-0.2, -0.15) is 0 Å². The Labute approximate surface area is 167 Å². The summed E-state index contributed by atoms with van der Waals surface area (Å²) >= 11 is 7.04. The van der Waals surface area contributed by atoms with Gasteiger partial charge in [0, 0.05) is 20.1 Å². The average molecular weight is 486 g/mol. The molecule has 0 aromatic heterocycles. The van der Waals surface area contributed by atoms with Crippen LogP contribution in [0.1, 0.15) is 11.1 Å². The van der Waals surface area contributed by atoms with Crippen LogP contribution in [0.4, 0.5) is 0 Å². The topological polar surface area (TPSA) is 127 Å². The van der Waals surface area contributed by atoms with Crippen LogP contribution in [0.2, 0.25) is 0 Å². The molecular formula is C18H18Br2N2O4. The number of nitrogens with two attached hydrogens (primary N) is 2. The van der Waals surface area contributed by atoms with E-state index in [0.29, 0.717) is 0 Å². The molecule has 2 unspecified atom stereocenters. The Morgan fingerprint density at radius 2 is 1.15 bits per heavy atom. The Kier molecular flexibility index (Phi) is 6.94. The first kappa shape index (κ1) is 20.6. The Morgan fingerprint density at radius 3 is 1.46 bits per heavy atom. The van der Waals surface area contributed by atoms with Crippen LogP contribution in [-0.2, 0) is 22.4 Å². The van der Waals surface area contributed by atoms with E-state index >= 15 is 0 Å². The maximum atomic E-state index is 11.2. The van der Waals surface area contributed by atoms with E-state index in [1.165, 1.54) is 0 Å². The minimum atomic E-state index is -1.09. The van der Waals surface area contributed by atoms with Gasteiger partial charge >= 0.3 is 11.9 Å². The Bertz CT molecular complexity index is 772. The van der Waals surface area contributed by atoms with Crippen LogP contribution in [0.25, 0.3) is 11.1 Å². The van der Waals surface area contributed by atoms with E-state index in [1.807, 2.05) is 24.3 Å². The Morgan fingerprint density at radius 1 is 0.808 bits per heavy atom. The number of carboxylic acids is 2. The number of carboxylic acid groups (broad SMARTS) is 2. The first-order valence-electron chi connectivity index (χ1n) is 7.74. The second kappa shape index (κ2) is 8.77. The van der Waals surface area contributed by atoms with Gasteiger partial charge in [-0.1, -0.05) is 56.1 Å². The van der Waals surface area contributed by atoms with Crippen molar-refractivity contribution in [3.8, 4) is 11.1 Å². The molecule has 0 saturated heterocycles. The van der Waals surface area contributed by atoms with Crippen molar-refractivity contribution in [1.29, 1.82) is 0 Å². The lowest BCUT2D eigenvalue weighted by atomic mass is 9.90. The van der Waals surface area contributed by atoms with Crippen molar-refractivity contribution in [1.82, 2.24) is 0 Å². The molecule has 0 saturated carbocycles. The van der Waals surface area contributed by atoms with Gasteiger partial charge in [-0.25, -0.2) is 0 Å². The van der Waals surface area contributed by atoms with E-state index in [2.05, 4.69) is 31.9 Å². The number of hydrogen-bond acceptors (Lipinski definition) is 4. The highest BCUT2D eigenvalue weighted by molar-refractivity contribution is 9.11. The zero-order chi connectivity index (χ0) is 19.4. The maximum absolute atomic E-state index is 11.2. The molecule has 0 fully saturated rings. The third-order valence-electron chi connectivity index (χ3n) is 3.96. The van der Waals surface area contributed by atoms with Crippen LogP contribution >= 0.6 is 31.9 Å². The van der Waals surface area contributed by atoms with Gasteiger partial charge in [0.2, 0.25) is 0 Å². The Balaban J connectivity index is 2.61. The predicted octanol–water partition coefficient (Wildman–Crippen LogP) is 2.79. The minimum Gasteiger partial charge on any atom is -0.480 e. The molecule has 8 heteroatoms. The lowest BCUT2D eigenvalue weighted by Crippen LogP contribution is -2.33. The van der Waals surface area contributed by atoms with Crippen LogP contribution in [0.3, 0.4) is 0 Å². The first-order chi connectivity index (χ1) is 12.2. The number of benzene rings is 2. The summed E-state index contributed by atoms with van der Waals surface area (Å²) in [6, 6.07) is 8.81. The quantitative estimate of drug-likeness (QED) is 0.477. The lowest BCUT2D eigenvalue weighted by molar-refractivity contribution is -0.139. The molecule has 0 amide bonds. The summed E-state index contributed by atoms with van der Waals surface area (Å²) in [5, 5.41) is 18.3. The highest BCUT2D eigenvalue weighted by Gasteiger charge is 2.22. The van der Waals surface area contributed by atoms with Crippen molar-refractivity contribution in [2.75, 3.05) is 0 Å². The molecule has 2 aromatic rings. The molecule has 0 heterocycles. The smallest absolute Gasteiger partial charge is 0.320 e. The molecule has 0 aliphatic carbocycles. The van der Waals surface area contributed by atoms with E-state index in [0.717, 1.165) is 31.2 Å². The molecule has 0 aliphatic heterocycles. The van der Waals surface area contributed by atoms with Crippen LogP contribution < -0.4 is 11.5 Å². The fourth-order valence-corrected chi connectivity index (χ4v) is 3.90. The zero-order valence-electron chi connectivity index (χ0n) is 13.7. The molecule has 0 spiro atoms. The van der Waals surface area contributed by atoms with E-state index in [9.17, 15) is 9.59 Å². The molecule has 2 atom stereocenters. The van der Waals surface area contributed by atoms with Gasteiger partial charge in [0.1, 0.15) is 12.1 Å². The normalized spacial score (nSPS) is 13.2. The molecular weight excluding hydrogens is 468 g/mol. The van der Waals surface area contributed by atoms with Crippen molar-refractivity contribution in [2.24, 2.45) is 11.5 Å². The van der Waals surface area contributed by atoms with E-state index in [-0.39, 0.29) is 12.8 Å². The van der Waals surface area contributed by atoms with Crippen LogP contribution in [0.5, 0.6) is 0 Å². The van der Waals surface area contributed by atoms with Gasteiger partial charge in [-0.05, 0) is 36.1 Å². The number of rotatable bonds is 7. The van der Waals surface area contributed by atoms with Crippen molar-refractivity contribution >= 4 is 43.8 Å². The molecule has 0 radical (unpaired) electrons. The summed E-state index contributed by atoms with van der Waals surface area (Å²) in [7, 11) is 0. The van der Waals surface area contributed by atoms with E-state index < -0.39 is 24.0 Å². The summed E-state index contributed by atoms with van der Waals surface area (Å²) in [6.45, 7) is 0. The molecule has 6 nitrogen and oxygen atoms in total. The van der Waals surface area contributed by atoms with Crippen molar-refractivity contribution in [2.45, 2.75) is 24.9 Å². The summed E-state index contributed by atoms with van der Waals surface area (Å²) < 4.78 is 1.51. The fourth-order valence-electron chi connectivity index (χ4n) is 2.69. The summed E-state index contributed by atoms with van der Waals surface area (Å²) in [6.07, 6.45) is 0.270. The van der Waals surface area contributed by atoms with Crippen molar-refractivity contribution < 1.29 is 19.8 Å². The van der Waals surface area contributed by atoms with Crippen molar-refractivity contribution in [3.63, 3.8) is 0 Å². The molecule has 0 aliphatic rings.